The van der Waals surface area contributed by atoms with Crippen molar-refractivity contribution >= 4 is 5.97 Å². The molecule has 5 nitrogen and oxygen atoms in total. The maximum atomic E-state index is 11.8. The zero-order chi connectivity index (χ0) is 12.6. The largest absolute Gasteiger partial charge is 0.465 e. The molecule has 0 aromatic carbocycles. The van der Waals surface area contributed by atoms with E-state index in [2.05, 4.69) is 5.32 Å². The minimum absolute atomic E-state index is 0.0978. The van der Waals surface area contributed by atoms with E-state index in [1.54, 1.807) is 7.11 Å². The summed E-state index contributed by atoms with van der Waals surface area (Å²) in [7, 11) is 1.64. The fourth-order valence-corrected chi connectivity index (χ4v) is 1.74. The fraction of sp³-hybridized carbons (Fsp3) is 0.917. The first-order chi connectivity index (χ1) is 8.19. The van der Waals surface area contributed by atoms with Gasteiger partial charge in [0.05, 0.1) is 25.2 Å². The third-order valence-corrected chi connectivity index (χ3v) is 2.96. The lowest BCUT2D eigenvalue weighted by Gasteiger charge is -2.20. The molecule has 0 aromatic rings. The summed E-state index contributed by atoms with van der Waals surface area (Å²) in [6.07, 6.45) is 1.59. The quantitative estimate of drug-likeness (QED) is 0.501. The molecule has 100 valence electrons. The Morgan fingerprint density at radius 3 is 2.76 bits per heavy atom. The molecule has 1 aliphatic heterocycles. The Morgan fingerprint density at radius 1 is 1.29 bits per heavy atom. The van der Waals surface area contributed by atoms with Crippen LogP contribution < -0.4 is 5.32 Å². The van der Waals surface area contributed by atoms with E-state index in [4.69, 9.17) is 14.2 Å². The third-order valence-electron chi connectivity index (χ3n) is 2.96. The molecule has 1 atom stereocenters. The Balaban J connectivity index is 2.00. The molecular weight excluding hydrogens is 222 g/mol. The summed E-state index contributed by atoms with van der Waals surface area (Å²) in [6, 6.07) is 0. The second-order valence-corrected chi connectivity index (χ2v) is 4.58. The number of esters is 1. The van der Waals surface area contributed by atoms with Gasteiger partial charge in [-0.25, -0.2) is 0 Å². The van der Waals surface area contributed by atoms with Gasteiger partial charge in [-0.3, -0.25) is 4.79 Å². The molecule has 17 heavy (non-hydrogen) atoms. The standard InChI is InChI=1S/C12H23NO4/c1-12(4-5-13-10-12)11(14)17-7-3-6-16-9-8-15-2/h13H,3-10H2,1-2H3. The van der Waals surface area contributed by atoms with Crippen molar-refractivity contribution in [3.05, 3.63) is 0 Å². The topological polar surface area (TPSA) is 56.8 Å². The molecule has 0 aliphatic carbocycles. The van der Waals surface area contributed by atoms with Crippen molar-refractivity contribution in [1.29, 1.82) is 0 Å². The van der Waals surface area contributed by atoms with Gasteiger partial charge >= 0.3 is 5.97 Å². The maximum absolute atomic E-state index is 11.8. The van der Waals surface area contributed by atoms with Crippen LogP contribution in [0.15, 0.2) is 0 Å². The lowest BCUT2D eigenvalue weighted by molar-refractivity contribution is -0.154. The molecule has 1 unspecified atom stereocenters. The highest BCUT2D eigenvalue weighted by atomic mass is 16.5. The highest BCUT2D eigenvalue weighted by Gasteiger charge is 2.37. The Labute approximate surface area is 103 Å². The molecule has 1 heterocycles. The summed E-state index contributed by atoms with van der Waals surface area (Å²) >= 11 is 0. The number of hydrogen-bond acceptors (Lipinski definition) is 5. The van der Waals surface area contributed by atoms with E-state index in [0.29, 0.717) is 26.4 Å². The molecule has 5 heteroatoms. The van der Waals surface area contributed by atoms with Gasteiger partial charge < -0.3 is 19.5 Å². The first-order valence-corrected chi connectivity index (χ1v) is 6.14. The molecule has 1 fully saturated rings. The lowest BCUT2D eigenvalue weighted by Crippen LogP contribution is -2.32. The molecule has 0 bridgehead atoms. The minimum Gasteiger partial charge on any atom is -0.465 e. The molecule has 1 rings (SSSR count). The average molecular weight is 245 g/mol. The van der Waals surface area contributed by atoms with Gasteiger partial charge in [0, 0.05) is 26.7 Å². The van der Waals surface area contributed by atoms with Gasteiger partial charge in [-0.05, 0) is 19.9 Å². The Hall–Kier alpha value is -0.650. The molecule has 0 saturated carbocycles. The molecule has 0 spiro atoms. The summed E-state index contributed by atoms with van der Waals surface area (Å²) in [5.41, 5.74) is -0.336. The third kappa shape index (κ3) is 5.02. The molecule has 1 aliphatic rings. The van der Waals surface area contributed by atoms with Gasteiger partial charge in [-0.1, -0.05) is 0 Å². The van der Waals surface area contributed by atoms with Crippen molar-refractivity contribution in [2.75, 3.05) is 46.6 Å². The predicted octanol–water partition coefficient (Wildman–Crippen LogP) is 0.582. The summed E-state index contributed by atoms with van der Waals surface area (Å²) in [5, 5.41) is 3.18. The van der Waals surface area contributed by atoms with Crippen LogP contribution in [-0.4, -0.2) is 52.6 Å². The van der Waals surface area contributed by atoms with Gasteiger partial charge in [0.25, 0.3) is 0 Å². The van der Waals surface area contributed by atoms with E-state index in [9.17, 15) is 4.79 Å². The van der Waals surface area contributed by atoms with Crippen molar-refractivity contribution in [3.8, 4) is 0 Å². The smallest absolute Gasteiger partial charge is 0.313 e. The zero-order valence-corrected chi connectivity index (χ0v) is 10.8. The van der Waals surface area contributed by atoms with Crippen LogP contribution in [0.5, 0.6) is 0 Å². The predicted molar refractivity (Wildman–Crippen MR) is 63.9 cm³/mol. The fourth-order valence-electron chi connectivity index (χ4n) is 1.74. The highest BCUT2D eigenvalue weighted by molar-refractivity contribution is 5.77. The summed E-state index contributed by atoms with van der Waals surface area (Å²) < 4.78 is 15.4. The number of hydrogen-bond donors (Lipinski definition) is 1. The molecule has 0 radical (unpaired) electrons. The van der Waals surface area contributed by atoms with Crippen molar-refractivity contribution in [2.45, 2.75) is 19.8 Å². The zero-order valence-electron chi connectivity index (χ0n) is 10.8. The van der Waals surface area contributed by atoms with E-state index in [-0.39, 0.29) is 11.4 Å². The average Bonchev–Trinajstić information content (AvgIpc) is 2.76. The number of carbonyl (C=O) groups is 1. The van der Waals surface area contributed by atoms with Crippen LogP contribution in [0.2, 0.25) is 0 Å². The van der Waals surface area contributed by atoms with Crippen LogP contribution in [0.1, 0.15) is 19.8 Å². The first-order valence-electron chi connectivity index (χ1n) is 6.14. The lowest BCUT2D eigenvalue weighted by atomic mass is 9.90. The van der Waals surface area contributed by atoms with E-state index >= 15 is 0 Å². The van der Waals surface area contributed by atoms with Crippen LogP contribution in [-0.2, 0) is 19.0 Å². The van der Waals surface area contributed by atoms with Gasteiger partial charge in [-0.2, -0.15) is 0 Å². The SMILES string of the molecule is COCCOCCCOC(=O)C1(C)CCNC1. The van der Waals surface area contributed by atoms with E-state index in [1.807, 2.05) is 6.92 Å². The van der Waals surface area contributed by atoms with Gasteiger partial charge in [0.2, 0.25) is 0 Å². The van der Waals surface area contributed by atoms with Crippen LogP contribution in [0.4, 0.5) is 0 Å². The second-order valence-electron chi connectivity index (χ2n) is 4.58. The van der Waals surface area contributed by atoms with Crippen LogP contribution in [0.3, 0.4) is 0 Å². The number of rotatable bonds is 8. The van der Waals surface area contributed by atoms with E-state index < -0.39 is 0 Å². The molecule has 1 saturated heterocycles. The highest BCUT2D eigenvalue weighted by Crippen LogP contribution is 2.25. The van der Waals surface area contributed by atoms with Crippen molar-refractivity contribution in [3.63, 3.8) is 0 Å². The second kappa shape index (κ2) is 7.63. The number of ether oxygens (including phenoxy) is 3. The van der Waals surface area contributed by atoms with Gasteiger partial charge in [0.1, 0.15) is 0 Å². The van der Waals surface area contributed by atoms with Crippen LogP contribution >= 0.6 is 0 Å². The summed E-state index contributed by atoms with van der Waals surface area (Å²) in [6.45, 7) is 5.79. The monoisotopic (exact) mass is 245 g/mol. The molecular formula is C12H23NO4. The molecule has 0 aromatic heterocycles. The normalized spacial score (nSPS) is 23.9. The van der Waals surface area contributed by atoms with Gasteiger partial charge in [0.15, 0.2) is 0 Å². The number of nitrogens with one attached hydrogen (secondary N) is 1. The Kier molecular flexibility index (Phi) is 6.47. The first kappa shape index (κ1) is 14.4. The van der Waals surface area contributed by atoms with Gasteiger partial charge in [-0.15, -0.1) is 0 Å². The van der Waals surface area contributed by atoms with E-state index in [1.165, 1.54) is 0 Å². The molecule has 1 N–H and O–H groups in total. The Bertz CT molecular complexity index is 227. The van der Waals surface area contributed by atoms with Crippen LogP contribution in [0.25, 0.3) is 0 Å². The molecule has 0 amide bonds. The maximum Gasteiger partial charge on any atom is 0.313 e. The van der Waals surface area contributed by atoms with Crippen molar-refractivity contribution in [2.24, 2.45) is 5.41 Å². The summed E-state index contributed by atoms with van der Waals surface area (Å²) in [5.74, 6) is -0.0978. The minimum atomic E-state index is -0.336. The van der Waals surface area contributed by atoms with Crippen molar-refractivity contribution in [1.82, 2.24) is 5.32 Å². The van der Waals surface area contributed by atoms with Crippen LogP contribution in [0, 0.1) is 5.41 Å². The Morgan fingerprint density at radius 2 is 2.12 bits per heavy atom. The summed E-state index contributed by atoms with van der Waals surface area (Å²) in [4.78, 5) is 11.8. The van der Waals surface area contributed by atoms with E-state index in [0.717, 1.165) is 25.9 Å². The number of carbonyl (C=O) groups excluding carboxylic acids is 1. The van der Waals surface area contributed by atoms with Crippen molar-refractivity contribution < 1.29 is 19.0 Å². The number of methoxy groups -OCH3 is 1.